The van der Waals surface area contributed by atoms with Crippen LogP contribution in [-0.4, -0.2) is 17.5 Å². The Kier molecular flexibility index (Phi) is 5.75. The number of carbonyl (C=O) groups is 1. The Bertz CT molecular complexity index is 569. The summed E-state index contributed by atoms with van der Waals surface area (Å²) in [5, 5.41) is 5.96. The smallest absolute Gasteiger partial charge is 0.220 e. The van der Waals surface area contributed by atoms with Crippen LogP contribution in [0.4, 0.5) is 0 Å². The van der Waals surface area contributed by atoms with Gasteiger partial charge in [-0.3, -0.25) is 4.79 Å². The van der Waals surface area contributed by atoms with Crippen molar-refractivity contribution in [2.45, 2.75) is 32.7 Å². The van der Waals surface area contributed by atoms with E-state index in [1.54, 1.807) is 11.3 Å². The largest absolute Gasteiger partial charge is 0.494 e. The molecule has 0 fully saturated rings. The predicted molar refractivity (Wildman–Crippen MR) is 84.6 cm³/mol. The van der Waals surface area contributed by atoms with Crippen molar-refractivity contribution in [1.82, 2.24) is 10.3 Å². The predicted octanol–water partition coefficient (Wildman–Crippen LogP) is 3.49. The van der Waals surface area contributed by atoms with Gasteiger partial charge in [0.25, 0.3) is 0 Å². The maximum Gasteiger partial charge on any atom is 0.220 e. The molecule has 112 valence electrons. The first-order valence-electron chi connectivity index (χ1n) is 7.04. The number of rotatable bonds is 7. The van der Waals surface area contributed by atoms with E-state index in [4.69, 9.17) is 4.74 Å². The minimum Gasteiger partial charge on any atom is -0.494 e. The van der Waals surface area contributed by atoms with E-state index in [-0.39, 0.29) is 11.9 Å². The molecule has 0 bridgehead atoms. The van der Waals surface area contributed by atoms with Crippen molar-refractivity contribution in [2.75, 3.05) is 6.61 Å². The Balaban J connectivity index is 1.65. The standard InChI is InChI=1S/C16H20N2O2S/c1-12(15-11-21-13(2)18-15)17-16(19)9-6-10-20-14-7-4-3-5-8-14/h3-5,7-8,11-12H,6,9-10H2,1-2H3,(H,17,19). The summed E-state index contributed by atoms with van der Waals surface area (Å²) in [7, 11) is 0. The molecule has 0 aliphatic carbocycles. The van der Waals surface area contributed by atoms with Crippen molar-refractivity contribution in [1.29, 1.82) is 0 Å². The van der Waals surface area contributed by atoms with E-state index in [1.807, 2.05) is 49.6 Å². The van der Waals surface area contributed by atoms with Crippen LogP contribution in [0, 0.1) is 6.92 Å². The van der Waals surface area contributed by atoms with Gasteiger partial charge in [-0.2, -0.15) is 0 Å². The van der Waals surface area contributed by atoms with Crippen molar-refractivity contribution in [3.63, 3.8) is 0 Å². The summed E-state index contributed by atoms with van der Waals surface area (Å²) >= 11 is 1.60. The molecule has 1 amide bonds. The van der Waals surface area contributed by atoms with Gasteiger partial charge in [-0.25, -0.2) is 4.98 Å². The molecule has 0 aliphatic heterocycles. The fraction of sp³-hybridized carbons (Fsp3) is 0.375. The quantitative estimate of drug-likeness (QED) is 0.797. The summed E-state index contributed by atoms with van der Waals surface area (Å²) in [4.78, 5) is 16.2. The summed E-state index contributed by atoms with van der Waals surface area (Å²) in [5.74, 6) is 0.869. The highest BCUT2D eigenvalue weighted by Gasteiger charge is 2.11. The Hall–Kier alpha value is -1.88. The maximum atomic E-state index is 11.9. The molecular formula is C16H20N2O2S. The van der Waals surface area contributed by atoms with E-state index in [2.05, 4.69) is 10.3 Å². The molecule has 21 heavy (non-hydrogen) atoms. The number of benzene rings is 1. The van der Waals surface area contributed by atoms with E-state index in [0.29, 0.717) is 19.4 Å². The highest BCUT2D eigenvalue weighted by Crippen LogP contribution is 2.15. The van der Waals surface area contributed by atoms with Crippen LogP contribution in [0.5, 0.6) is 5.75 Å². The lowest BCUT2D eigenvalue weighted by Gasteiger charge is -2.11. The number of carbonyl (C=O) groups excluding carboxylic acids is 1. The number of hydrogen-bond donors (Lipinski definition) is 1. The van der Waals surface area contributed by atoms with Gasteiger partial charge in [-0.15, -0.1) is 11.3 Å². The van der Waals surface area contributed by atoms with Crippen LogP contribution in [0.1, 0.15) is 36.5 Å². The van der Waals surface area contributed by atoms with Crippen LogP contribution in [-0.2, 0) is 4.79 Å². The lowest BCUT2D eigenvalue weighted by atomic mass is 10.2. The lowest BCUT2D eigenvalue weighted by Crippen LogP contribution is -2.26. The van der Waals surface area contributed by atoms with E-state index >= 15 is 0 Å². The number of para-hydroxylation sites is 1. The molecule has 1 atom stereocenters. The van der Waals surface area contributed by atoms with E-state index in [0.717, 1.165) is 16.5 Å². The summed E-state index contributed by atoms with van der Waals surface area (Å²) in [5.41, 5.74) is 0.923. The molecule has 1 N–H and O–H groups in total. The Morgan fingerprint density at radius 1 is 1.38 bits per heavy atom. The monoisotopic (exact) mass is 304 g/mol. The van der Waals surface area contributed by atoms with Crippen molar-refractivity contribution in [3.05, 3.63) is 46.4 Å². The number of hydrogen-bond acceptors (Lipinski definition) is 4. The van der Waals surface area contributed by atoms with Crippen LogP contribution >= 0.6 is 11.3 Å². The molecule has 2 aromatic rings. The first kappa shape index (κ1) is 15.5. The zero-order chi connectivity index (χ0) is 15.1. The zero-order valence-electron chi connectivity index (χ0n) is 12.3. The minimum absolute atomic E-state index is 0.0322. The molecule has 1 heterocycles. The molecule has 1 unspecified atom stereocenters. The van der Waals surface area contributed by atoms with Gasteiger partial charge in [0.1, 0.15) is 5.75 Å². The van der Waals surface area contributed by atoms with Crippen LogP contribution < -0.4 is 10.1 Å². The fourth-order valence-corrected chi connectivity index (χ4v) is 2.61. The highest BCUT2D eigenvalue weighted by atomic mass is 32.1. The van der Waals surface area contributed by atoms with Gasteiger partial charge in [0.2, 0.25) is 5.91 Å². The third kappa shape index (κ3) is 5.19. The van der Waals surface area contributed by atoms with Gasteiger partial charge in [0, 0.05) is 11.8 Å². The first-order chi connectivity index (χ1) is 10.1. The lowest BCUT2D eigenvalue weighted by molar-refractivity contribution is -0.122. The Morgan fingerprint density at radius 2 is 2.14 bits per heavy atom. The number of ether oxygens (including phenoxy) is 1. The number of nitrogens with zero attached hydrogens (tertiary/aromatic N) is 1. The molecule has 5 heteroatoms. The normalized spacial score (nSPS) is 11.9. The zero-order valence-corrected chi connectivity index (χ0v) is 13.2. The number of aryl methyl sites for hydroxylation is 1. The summed E-state index contributed by atoms with van der Waals surface area (Å²) in [6.07, 6.45) is 1.16. The molecule has 1 aromatic heterocycles. The number of thiazole rings is 1. The second-order valence-electron chi connectivity index (χ2n) is 4.85. The number of amides is 1. The van der Waals surface area contributed by atoms with Gasteiger partial charge < -0.3 is 10.1 Å². The van der Waals surface area contributed by atoms with E-state index < -0.39 is 0 Å². The molecular weight excluding hydrogens is 284 g/mol. The average molecular weight is 304 g/mol. The van der Waals surface area contributed by atoms with Gasteiger partial charge in [0.05, 0.1) is 23.4 Å². The van der Waals surface area contributed by atoms with Crippen molar-refractivity contribution in [3.8, 4) is 5.75 Å². The third-order valence-electron chi connectivity index (χ3n) is 3.02. The van der Waals surface area contributed by atoms with Gasteiger partial charge in [-0.05, 0) is 32.4 Å². The molecule has 0 aliphatic rings. The summed E-state index contributed by atoms with van der Waals surface area (Å²) < 4.78 is 5.56. The maximum absolute atomic E-state index is 11.9. The molecule has 0 saturated carbocycles. The van der Waals surface area contributed by atoms with Crippen molar-refractivity contribution < 1.29 is 9.53 Å². The molecule has 0 spiro atoms. The van der Waals surface area contributed by atoms with Crippen molar-refractivity contribution in [2.24, 2.45) is 0 Å². The molecule has 0 saturated heterocycles. The Morgan fingerprint density at radius 3 is 2.81 bits per heavy atom. The fourth-order valence-electron chi connectivity index (χ4n) is 1.91. The second-order valence-corrected chi connectivity index (χ2v) is 5.91. The number of aromatic nitrogens is 1. The van der Waals surface area contributed by atoms with Crippen LogP contribution in [0.3, 0.4) is 0 Å². The SMILES string of the molecule is Cc1nc(C(C)NC(=O)CCCOc2ccccc2)cs1. The highest BCUT2D eigenvalue weighted by molar-refractivity contribution is 7.09. The summed E-state index contributed by atoms with van der Waals surface area (Å²) in [6.45, 7) is 4.46. The number of nitrogens with one attached hydrogen (secondary N) is 1. The van der Waals surface area contributed by atoms with Crippen LogP contribution in [0.15, 0.2) is 35.7 Å². The van der Waals surface area contributed by atoms with Gasteiger partial charge in [0.15, 0.2) is 0 Å². The minimum atomic E-state index is -0.0440. The van der Waals surface area contributed by atoms with Gasteiger partial charge >= 0.3 is 0 Å². The first-order valence-corrected chi connectivity index (χ1v) is 7.92. The molecule has 2 rings (SSSR count). The summed E-state index contributed by atoms with van der Waals surface area (Å²) in [6, 6.07) is 9.58. The topological polar surface area (TPSA) is 51.2 Å². The molecule has 1 aromatic carbocycles. The molecule has 4 nitrogen and oxygen atoms in total. The average Bonchev–Trinajstić information content (AvgIpc) is 2.91. The molecule has 0 radical (unpaired) electrons. The third-order valence-corrected chi connectivity index (χ3v) is 3.81. The van der Waals surface area contributed by atoms with Crippen molar-refractivity contribution >= 4 is 17.2 Å². The van der Waals surface area contributed by atoms with E-state index in [9.17, 15) is 4.79 Å². The van der Waals surface area contributed by atoms with Crippen LogP contribution in [0.25, 0.3) is 0 Å². The Labute approximate surface area is 129 Å². The van der Waals surface area contributed by atoms with Gasteiger partial charge in [-0.1, -0.05) is 18.2 Å². The van der Waals surface area contributed by atoms with Crippen LogP contribution in [0.2, 0.25) is 0 Å². The van der Waals surface area contributed by atoms with E-state index in [1.165, 1.54) is 0 Å². The second kappa shape index (κ2) is 7.78.